The van der Waals surface area contributed by atoms with Crippen LogP contribution >= 0.6 is 0 Å². The number of ether oxygens (including phenoxy) is 1. The van der Waals surface area contributed by atoms with E-state index < -0.39 is 0 Å². The van der Waals surface area contributed by atoms with Crippen LogP contribution in [0.5, 0.6) is 0 Å². The van der Waals surface area contributed by atoms with Crippen molar-refractivity contribution in [2.45, 2.75) is 64.0 Å². The van der Waals surface area contributed by atoms with Gasteiger partial charge < -0.3 is 10.1 Å². The van der Waals surface area contributed by atoms with E-state index >= 15 is 0 Å². The second-order valence-electron chi connectivity index (χ2n) is 6.95. The Labute approximate surface area is 105 Å². The van der Waals surface area contributed by atoms with Gasteiger partial charge in [-0.25, -0.2) is 0 Å². The van der Waals surface area contributed by atoms with Gasteiger partial charge in [-0.05, 0) is 43.4 Å². The maximum absolute atomic E-state index is 6.33. The predicted molar refractivity (Wildman–Crippen MR) is 70.0 cm³/mol. The summed E-state index contributed by atoms with van der Waals surface area (Å²) in [5.74, 6) is 2.67. The van der Waals surface area contributed by atoms with E-state index in [1.54, 1.807) is 0 Å². The average molecular weight is 237 g/mol. The van der Waals surface area contributed by atoms with Gasteiger partial charge in [0.2, 0.25) is 0 Å². The summed E-state index contributed by atoms with van der Waals surface area (Å²) in [6, 6.07) is 0.633. The minimum absolute atomic E-state index is 0.178. The Morgan fingerprint density at radius 3 is 2.53 bits per heavy atom. The lowest BCUT2D eigenvalue weighted by Crippen LogP contribution is -2.60. The van der Waals surface area contributed by atoms with Gasteiger partial charge in [-0.15, -0.1) is 0 Å². The first-order valence-electron chi connectivity index (χ1n) is 7.55. The van der Waals surface area contributed by atoms with E-state index in [9.17, 15) is 0 Å². The van der Waals surface area contributed by atoms with Crippen molar-refractivity contribution in [1.82, 2.24) is 5.32 Å². The lowest BCUT2D eigenvalue weighted by atomic mass is 9.69. The molecule has 3 fully saturated rings. The first kappa shape index (κ1) is 12.0. The van der Waals surface area contributed by atoms with E-state index in [1.807, 2.05) is 0 Å². The van der Waals surface area contributed by atoms with E-state index in [4.69, 9.17) is 4.74 Å². The van der Waals surface area contributed by atoms with E-state index in [0.29, 0.717) is 6.04 Å². The molecular weight excluding hydrogens is 210 g/mol. The number of nitrogens with one attached hydrogen (secondary N) is 1. The number of hydrogen-bond acceptors (Lipinski definition) is 2. The van der Waals surface area contributed by atoms with E-state index in [1.165, 1.54) is 38.5 Å². The first-order valence-corrected chi connectivity index (χ1v) is 7.55. The van der Waals surface area contributed by atoms with Gasteiger partial charge in [-0.1, -0.05) is 26.7 Å². The molecule has 2 aliphatic carbocycles. The Kier molecular flexibility index (Phi) is 3.20. The van der Waals surface area contributed by atoms with Gasteiger partial charge in [0.05, 0.1) is 12.2 Å². The summed E-state index contributed by atoms with van der Waals surface area (Å²) >= 11 is 0. The molecule has 1 heterocycles. The molecule has 3 rings (SSSR count). The third kappa shape index (κ3) is 2.53. The Morgan fingerprint density at radius 2 is 1.88 bits per heavy atom. The van der Waals surface area contributed by atoms with Crippen LogP contribution in [0.1, 0.15) is 52.4 Å². The molecule has 2 heteroatoms. The highest BCUT2D eigenvalue weighted by Gasteiger charge is 2.47. The SMILES string of the molecule is CC1CC(C)CC2(C1)OCCNC2CC1CC1. The quantitative estimate of drug-likeness (QED) is 0.797. The van der Waals surface area contributed by atoms with Crippen LogP contribution in [0.3, 0.4) is 0 Å². The number of morpholine rings is 1. The zero-order valence-corrected chi connectivity index (χ0v) is 11.4. The Hall–Kier alpha value is -0.0800. The highest BCUT2D eigenvalue weighted by atomic mass is 16.5. The smallest absolute Gasteiger partial charge is 0.0840 e. The lowest BCUT2D eigenvalue weighted by molar-refractivity contribution is -0.138. The maximum atomic E-state index is 6.33. The van der Waals surface area contributed by atoms with Crippen molar-refractivity contribution in [3.05, 3.63) is 0 Å². The normalized spacial score (nSPS) is 47.3. The van der Waals surface area contributed by atoms with Crippen LogP contribution in [0.2, 0.25) is 0 Å². The minimum Gasteiger partial charge on any atom is -0.372 e. The second kappa shape index (κ2) is 4.55. The van der Waals surface area contributed by atoms with Gasteiger partial charge in [-0.3, -0.25) is 0 Å². The molecule has 0 aromatic rings. The van der Waals surface area contributed by atoms with Gasteiger partial charge in [-0.2, -0.15) is 0 Å². The highest BCUT2D eigenvalue weighted by Crippen LogP contribution is 2.45. The second-order valence-corrected chi connectivity index (χ2v) is 6.95. The lowest BCUT2D eigenvalue weighted by Gasteiger charge is -2.50. The summed E-state index contributed by atoms with van der Waals surface area (Å²) in [6.07, 6.45) is 8.23. The molecule has 0 bridgehead atoms. The summed E-state index contributed by atoms with van der Waals surface area (Å²) < 4.78 is 6.33. The molecule has 0 radical (unpaired) electrons. The van der Waals surface area contributed by atoms with Crippen molar-refractivity contribution < 1.29 is 4.74 Å². The van der Waals surface area contributed by atoms with Crippen molar-refractivity contribution in [3.8, 4) is 0 Å². The third-order valence-corrected chi connectivity index (χ3v) is 4.98. The Bertz CT molecular complexity index is 264. The fourth-order valence-corrected chi connectivity index (χ4v) is 4.28. The molecule has 2 saturated carbocycles. The zero-order chi connectivity index (χ0) is 11.9. The monoisotopic (exact) mass is 237 g/mol. The van der Waals surface area contributed by atoms with Crippen molar-refractivity contribution in [2.75, 3.05) is 13.2 Å². The standard InChI is InChI=1S/C15H27NO/c1-11-7-12(2)10-15(9-11)14(8-13-3-4-13)16-5-6-17-15/h11-14,16H,3-10H2,1-2H3. The van der Waals surface area contributed by atoms with Crippen molar-refractivity contribution in [1.29, 1.82) is 0 Å². The molecule has 1 spiro atoms. The topological polar surface area (TPSA) is 21.3 Å². The molecule has 0 amide bonds. The molecule has 3 unspecified atom stereocenters. The van der Waals surface area contributed by atoms with Crippen LogP contribution in [-0.2, 0) is 4.74 Å². The Morgan fingerprint density at radius 1 is 1.18 bits per heavy atom. The molecule has 2 nitrogen and oxygen atoms in total. The van der Waals surface area contributed by atoms with Crippen LogP contribution in [0.25, 0.3) is 0 Å². The van der Waals surface area contributed by atoms with Gasteiger partial charge in [0.15, 0.2) is 0 Å². The molecular formula is C15H27NO. The van der Waals surface area contributed by atoms with Gasteiger partial charge in [0.1, 0.15) is 0 Å². The fourth-order valence-electron chi connectivity index (χ4n) is 4.28. The fraction of sp³-hybridized carbons (Fsp3) is 1.00. The third-order valence-electron chi connectivity index (χ3n) is 4.98. The van der Waals surface area contributed by atoms with Gasteiger partial charge in [0.25, 0.3) is 0 Å². The molecule has 98 valence electrons. The number of rotatable bonds is 2. The molecule has 1 N–H and O–H groups in total. The van der Waals surface area contributed by atoms with Crippen LogP contribution < -0.4 is 5.32 Å². The van der Waals surface area contributed by atoms with Gasteiger partial charge in [0, 0.05) is 12.6 Å². The van der Waals surface area contributed by atoms with Crippen LogP contribution in [-0.4, -0.2) is 24.8 Å². The van der Waals surface area contributed by atoms with E-state index in [2.05, 4.69) is 19.2 Å². The van der Waals surface area contributed by atoms with Crippen molar-refractivity contribution in [3.63, 3.8) is 0 Å². The maximum Gasteiger partial charge on any atom is 0.0840 e. The van der Waals surface area contributed by atoms with Crippen molar-refractivity contribution >= 4 is 0 Å². The molecule has 1 saturated heterocycles. The summed E-state index contributed by atoms with van der Waals surface area (Å²) in [5, 5.41) is 3.77. The summed E-state index contributed by atoms with van der Waals surface area (Å²) in [5.41, 5.74) is 0.178. The molecule has 1 aliphatic heterocycles. The minimum atomic E-state index is 0.178. The molecule has 17 heavy (non-hydrogen) atoms. The molecule has 3 atom stereocenters. The zero-order valence-electron chi connectivity index (χ0n) is 11.4. The van der Waals surface area contributed by atoms with Crippen LogP contribution in [0, 0.1) is 17.8 Å². The predicted octanol–water partition coefficient (Wildman–Crippen LogP) is 2.97. The molecule has 0 aromatic heterocycles. The first-order chi connectivity index (χ1) is 8.18. The van der Waals surface area contributed by atoms with Crippen LogP contribution in [0.15, 0.2) is 0 Å². The van der Waals surface area contributed by atoms with Crippen LogP contribution in [0.4, 0.5) is 0 Å². The van der Waals surface area contributed by atoms with Crippen molar-refractivity contribution in [2.24, 2.45) is 17.8 Å². The molecule has 3 aliphatic rings. The summed E-state index contributed by atoms with van der Waals surface area (Å²) in [4.78, 5) is 0. The van der Waals surface area contributed by atoms with E-state index in [0.717, 1.165) is 30.9 Å². The highest BCUT2D eigenvalue weighted by molar-refractivity contribution is 5.02. The summed E-state index contributed by atoms with van der Waals surface area (Å²) in [6.45, 7) is 6.79. The average Bonchev–Trinajstić information content (AvgIpc) is 3.04. The summed E-state index contributed by atoms with van der Waals surface area (Å²) in [7, 11) is 0. The molecule has 0 aromatic carbocycles. The van der Waals surface area contributed by atoms with Gasteiger partial charge >= 0.3 is 0 Å². The Balaban J connectivity index is 1.74. The largest absolute Gasteiger partial charge is 0.372 e. The van der Waals surface area contributed by atoms with E-state index in [-0.39, 0.29) is 5.60 Å². The number of hydrogen-bond donors (Lipinski definition) is 1.